The first-order valence-electron chi connectivity index (χ1n) is 6.22. The van der Waals surface area contributed by atoms with Gasteiger partial charge in [-0.25, -0.2) is 13.1 Å². The summed E-state index contributed by atoms with van der Waals surface area (Å²) in [5, 5.41) is 2.66. The van der Waals surface area contributed by atoms with Crippen LogP contribution in [0.3, 0.4) is 0 Å². The van der Waals surface area contributed by atoms with E-state index < -0.39 is 10.0 Å². The molecule has 0 saturated carbocycles. The molecule has 0 radical (unpaired) electrons. The van der Waals surface area contributed by atoms with E-state index in [9.17, 15) is 13.2 Å². The summed E-state index contributed by atoms with van der Waals surface area (Å²) in [6, 6.07) is 1.31. The van der Waals surface area contributed by atoms with Gasteiger partial charge in [0.2, 0.25) is 10.0 Å². The number of hydrogen-bond acceptors (Lipinski definition) is 4. The molecule has 0 aliphatic heterocycles. The quantitative estimate of drug-likeness (QED) is 0.842. The molecule has 1 aromatic heterocycles. The van der Waals surface area contributed by atoms with Crippen LogP contribution in [0.15, 0.2) is 11.0 Å². The largest absolute Gasteiger partial charge is 0.352 e. The first kappa shape index (κ1) is 16.1. The molecule has 1 aromatic rings. The lowest BCUT2D eigenvalue weighted by Crippen LogP contribution is -2.32. The molecule has 0 spiro atoms. The van der Waals surface area contributed by atoms with E-state index in [0.29, 0.717) is 22.7 Å². The lowest BCUT2D eigenvalue weighted by atomic mass is 10.3. The fourth-order valence-electron chi connectivity index (χ4n) is 1.50. The van der Waals surface area contributed by atoms with Crippen molar-refractivity contribution in [3.63, 3.8) is 0 Å². The molecule has 108 valence electrons. The van der Waals surface area contributed by atoms with Gasteiger partial charge in [0, 0.05) is 17.5 Å². The molecule has 19 heavy (non-hydrogen) atoms. The average molecular weight is 304 g/mol. The third kappa shape index (κ3) is 4.02. The van der Waals surface area contributed by atoms with Crippen molar-refractivity contribution in [2.24, 2.45) is 0 Å². The highest BCUT2D eigenvalue weighted by atomic mass is 32.2. The lowest BCUT2D eigenvalue weighted by molar-refractivity contribution is 0.0959. The fraction of sp³-hybridized carbons (Fsp3) is 0.583. The van der Waals surface area contributed by atoms with Gasteiger partial charge >= 0.3 is 0 Å². The summed E-state index contributed by atoms with van der Waals surface area (Å²) in [7, 11) is -3.55. The van der Waals surface area contributed by atoms with Crippen LogP contribution >= 0.6 is 11.3 Å². The molecule has 2 N–H and O–H groups in total. The second kappa shape index (κ2) is 6.49. The molecular weight excluding hydrogens is 284 g/mol. The van der Waals surface area contributed by atoms with Crippen molar-refractivity contribution in [3.05, 3.63) is 15.8 Å². The van der Waals surface area contributed by atoms with Crippen molar-refractivity contribution in [3.8, 4) is 0 Å². The Bertz CT molecular complexity index is 549. The summed E-state index contributed by atoms with van der Waals surface area (Å²) >= 11 is 1.19. The molecule has 0 aliphatic carbocycles. The van der Waals surface area contributed by atoms with E-state index in [4.69, 9.17) is 0 Å². The van der Waals surface area contributed by atoms with Crippen molar-refractivity contribution in [2.75, 3.05) is 6.54 Å². The standard InChI is InChI=1S/C12H20N2O3S2/c1-5-8(3)14-19(16,17)11-7-10(18-9(11)4)12(15)13-6-2/h7-8,14H,5-6H2,1-4H3,(H,13,15)/t8-/m1/s1. The molecule has 0 bridgehead atoms. The second-order valence-corrected chi connectivity index (χ2v) is 7.26. The van der Waals surface area contributed by atoms with E-state index in [-0.39, 0.29) is 16.8 Å². The average Bonchev–Trinajstić information content (AvgIpc) is 2.72. The lowest BCUT2D eigenvalue weighted by Gasteiger charge is -2.11. The maximum Gasteiger partial charge on any atom is 0.261 e. The van der Waals surface area contributed by atoms with Gasteiger partial charge in [-0.15, -0.1) is 11.3 Å². The van der Waals surface area contributed by atoms with Gasteiger partial charge in [-0.1, -0.05) is 6.92 Å². The number of aryl methyl sites for hydroxylation is 1. The number of rotatable bonds is 6. The maximum atomic E-state index is 12.2. The van der Waals surface area contributed by atoms with Crippen LogP contribution in [0.5, 0.6) is 0 Å². The monoisotopic (exact) mass is 304 g/mol. The van der Waals surface area contributed by atoms with Gasteiger partial charge in [0.25, 0.3) is 5.91 Å². The Kier molecular flexibility index (Phi) is 5.51. The van der Waals surface area contributed by atoms with Gasteiger partial charge < -0.3 is 5.32 Å². The van der Waals surface area contributed by atoms with Gasteiger partial charge in [-0.2, -0.15) is 0 Å². The SMILES string of the molecule is CCNC(=O)c1cc(S(=O)(=O)N[C@H](C)CC)c(C)s1. The molecule has 0 aliphatic rings. The predicted molar refractivity (Wildman–Crippen MR) is 77.1 cm³/mol. The van der Waals surface area contributed by atoms with Gasteiger partial charge in [0.15, 0.2) is 0 Å². The molecule has 1 heterocycles. The summed E-state index contributed by atoms with van der Waals surface area (Å²) in [6.07, 6.45) is 0.714. The Morgan fingerprint density at radius 3 is 2.58 bits per heavy atom. The van der Waals surface area contributed by atoms with E-state index >= 15 is 0 Å². The molecule has 1 atom stereocenters. The van der Waals surface area contributed by atoms with Crippen LogP contribution in [-0.4, -0.2) is 26.9 Å². The van der Waals surface area contributed by atoms with Crippen LogP contribution in [0.2, 0.25) is 0 Å². The number of amides is 1. The number of nitrogens with one attached hydrogen (secondary N) is 2. The van der Waals surface area contributed by atoms with E-state index in [1.54, 1.807) is 6.92 Å². The van der Waals surface area contributed by atoms with E-state index in [1.165, 1.54) is 17.4 Å². The minimum absolute atomic E-state index is 0.128. The Morgan fingerprint density at radius 1 is 1.42 bits per heavy atom. The molecule has 5 nitrogen and oxygen atoms in total. The molecular formula is C12H20N2O3S2. The number of hydrogen-bond donors (Lipinski definition) is 2. The van der Waals surface area contributed by atoms with Crippen molar-refractivity contribution in [2.45, 2.75) is 45.1 Å². The Hall–Kier alpha value is -0.920. The highest BCUT2D eigenvalue weighted by Gasteiger charge is 2.23. The summed E-state index contributed by atoms with van der Waals surface area (Å²) in [5.74, 6) is -0.236. The van der Waals surface area contributed by atoms with Crippen molar-refractivity contribution in [1.82, 2.24) is 10.0 Å². The predicted octanol–water partition coefficient (Wildman–Crippen LogP) is 1.88. The van der Waals surface area contributed by atoms with E-state index in [2.05, 4.69) is 10.0 Å². The number of sulfonamides is 1. The topological polar surface area (TPSA) is 75.3 Å². The third-order valence-electron chi connectivity index (χ3n) is 2.69. The van der Waals surface area contributed by atoms with Crippen LogP contribution in [0, 0.1) is 6.92 Å². The maximum absolute atomic E-state index is 12.2. The highest BCUT2D eigenvalue weighted by Crippen LogP contribution is 2.25. The molecule has 1 amide bonds. The van der Waals surface area contributed by atoms with Crippen LogP contribution in [0.25, 0.3) is 0 Å². The number of carbonyl (C=O) groups excluding carboxylic acids is 1. The molecule has 0 unspecified atom stereocenters. The molecule has 0 fully saturated rings. The van der Waals surface area contributed by atoms with Gasteiger partial charge in [0.1, 0.15) is 0 Å². The van der Waals surface area contributed by atoms with Crippen LogP contribution in [-0.2, 0) is 10.0 Å². The normalized spacial score (nSPS) is 13.3. The smallest absolute Gasteiger partial charge is 0.261 e. The van der Waals surface area contributed by atoms with Gasteiger partial charge in [0.05, 0.1) is 9.77 Å². The minimum atomic E-state index is -3.55. The van der Waals surface area contributed by atoms with Crippen LogP contribution in [0.4, 0.5) is 0 Å². The number of thiophene rings is 1. The van der Waals surface area contributed by atoms with Gasteiger partial charge in [-0.3, -0.25) is 4.79 Å². The van der Waals surface area contributed by atoms with E-state index in [0.717, 1.165) is 0 Å². The Morgan fingerprint density at radius 2 is 2.05 bits per heavy atom. The Labute approximate surface area is 118 Å². The zero-order valence-corrected chi connectivity index (χ0v) is 13.2. The molecule has 1 rings (SSSR count). The summed E-state index contributed by atoms with van der Waals surface area (Å²) in [4.78, 5) is 12.9. The molecule has 0 saturated heterocycles. The van der Waals surface area contributed by atoms with Crippen molar-refractivity contribution >= 4 is 27.3 Å². The van der Waals surface area contributed by atoms with Crippen LogP contribution in [0.1, 0.15) is 41.7 Å². The first-order valence-corrected chi connectivity index (χ1v) is 8.52. The minimum Gasteiger partial charge on any atom is -0.352 e. The Balaban J connectivity index is 3.05. The van der Waals surface area contributed by atoms with Gasteiger partial charge in [-0.05, 0) is 33.3 Å². The zero-order chi connectivity index (χ0) is 14.6. The summed E-state index contributed by atoms with van der Waals surface area (Å²) in [5.41, 5.74) is 0. The van der Waals surface area contributed by atoms with E-state index in [1.807, 2.05) is 20.8 Å². The van der Waals surface area contributed by atoms with Crippen molar-refractivity contribution < 1.29 is 13.2 Å². The molecule has 7 heteroatoms. The third-order valence-corrected chi connectivity index (χ3v) is 5.59. The fourth-order valence-corrected chi connectivity index (χ4v) is 4.34. The first-order chi connectivity index (χ1) is 8.81. The summed E-state index contributed by atoms with van der Waals surface area (Å²) < 4.78 is 27.0. The summed E-state index contributed by atoms with van der Waals surface area (Å²) in [6.45, 7) is 7.76. The number of carbonyl (C=O) groups is 1. The van der Waals surface area contributed by atoms with Crippen molar-refractivity contribution in [1.29, 1.82) is 0 Å². The highest BCUT2D eigenvalue weighted by molar-refractivity contribution is 7.89. The van der Waals surface area contributed by atoms with Crippen LogP contribution < -0.4 is 10.0 Å². The zero-order valence-electron chi connectivity index (χ0n) is 11.6. The molecule has 0 aromatic carbocycles. The second-order valence-electron chi connectivity index (χ2n) is 4.32.